The van der Waals surface area contributed by atoms with Crippen molar-refractivity contribution >= 4 is 11.7 Å². The van der Waals surface area contributed by atoms with E-state index >= 15 is 0 Å². The zero-order chi connectivity index (χ0) is 14.8. The largest absolute Gasteiger partial charge is 0.365 e. The summed E-state index contributed by atoms with van der Waals surface area (Å²) in [6, 6.07) is 12.8. The van der Waals surface area contributed by atoms with Crippen LogP contribution < -0.4 is 5.32 Å². The SMILES string of the molecule is CCN1Cc2c(ccnc2NC(C)c2cc[c-]cc2)C1=O.[W].[Y]. The molecule has 2 heterocycles. The van der Waals surface area contributed by atoms with Crippen LogP contribution in [0.1, 0.15) is 41.4 Å². The number of nitrogens with one attached hydrogen (secondary N) is 1. The van der Waals surface area contributed by atoms with Crippen molar-refractivity contribution in [2.24, 2.45) is 0 Å². The first-order valence-corrected chi connectivity index (χ1v) is 7.20. The minimum atomic E-state index is 0. The third kappa shape index (κ3) is 4.29. The Kier molecular flexibility index (Phi) is 8.06. The molecule has 6 heteroatoms. The summed E-state index contributed by atoms with van der Waals surface area (Å²) in [5, 5.41) is 3.42. The number of hydrogen-bond donors (Lipinski definition) is 1. The van der Waals surface area contributed by atoms with Crippen molar-refractivity contribution in [1.29, 1.82) is 0 Å². The fourth-order valence-corrected chi connectivity index (χ4v) is 2.64. The molecular weight excluding hydrogens is 535 g/mol. The van der Waals surface area contributed by atoms with Crippen molar-refractivity contribution < 1.29 is 58.6 Å². The summed E-state index contributed by atoms with van der Waals surface area (Å²) < 4.78 is 0. The quantitative estimate of drug-likeness (QED) is 0.593. The van der Waals surface area contributed by atoms with E-state index in [1.165, 1.54) is 5.56 Å². The Bertz CT molecular complexity index is 666. The maximum absolute atomic E-state index is 12.2. The van der Waals surface area contributed by atoms with Gasteiger partial charge >= 0.3 is 0 Å². The number of aromatic nitrogens is 1. The molecule has 23 heavy (non-hydrogen) atoms. The van der Waals surface area contributed by atoms with Crippen molar-refractivity contribution in [1.82, 2.24) is 9.88 Å². The molecule has 1 radical (unpaired) electrons. The van der Waals surface area contributed by atoms with E-state index in [1.54, 1.807) is 12.3 Å². The third-order valence-corrected chi connectivity index (χ3v) is 3.90. The molecule has 1 aliphatic rings. The average Bonchev–Trinajstić information content (AvgIpc) is 2.86. The number of hydrogen-bond acceptors (Lipinski definition) is 3. The number of carbonyl (C=O) groups is 1. The zero-order valence-corrected chi connectivity index (χ0v) is 19.0. The fraction of sp³-hybridized carbons (Fsp3) is 0.294. The van der Waals surface area contributed by atoms with Crippen LogP contribution in [0.15, 0.2) is 36.5 Å². The average molecular weight is 553 g/mol. The molecule has 1 amide bonds. The normalized spacial score (nSPS) is 13.7. The summed E-state index contributed by atoms with van der Waals surface area (Å²) >= 11 is 0. The van der Waals surface area contributed by atoms with E-state index in [2.05, 4.69) is 23.3 Å². The minimum Gasteiger partial charge on any atom is -0.365 e. The molecule has 1 aromatic heterocycles. The molecule has 1 N–H and O–H groups in total. The standard InChI is InChI=1S/C17H18N3O.W.Y/c1-3-20-11-15-14(17(20)21)9-10-18-16(15)19-12(2)13-7-5-4-6-8-13;;/h5-10,12H,3,11H2,1-2H3,(H,18,19);;/q-1;;. The van der Waals surface area contributed by atoms with Crippen LogP contribution >= 0.6 is 0 Å². The van der Waals surface area contributed by atoms with Gasteiger partial charge in [0, 0.05) is 83.7 Å². The first kappa shape index (κ1) is 20.5. The molecule has 1 atom stereocenters. The van der Waals surface area contributed by atoms with E-state index in [9.17, 15) is 4.79 Å². The number of pyridine rings is 1. The van der Waals surface area contributed by atoms with Crippen LogP contribution in [0.4, 0.5) is 5.82 Å². The first-order chi connectivity index (χ1) is 10.2. The minimum absolute atomic E-state index is 0. The Morgan fingerprint density at radius 2 is 2.04 bits per heavy atom. The van der Waals surface area contributed by atoms with Gasteiger partial charge in [0.05, 0.1) is 6.54 Å². The van der Waals surface area contributed by atoms with E-state index in [1.807, 2.05) is 36.1 Å². The first-order valence-electron chi connectivity index (χ1n) is 7.20. The Labute approximate surface area is 176 Å². The Balaban J connectivity index is 0.00000132. The molecule has 2 aromatic rings. The molecule has 1 unspecified atom stereocenters. The van der Waals surface area contributed by atoms with E-state index in [4.69, 9.17) is 0 Å². The summed E-state index contributed by atoms with van der Waals surface area (Å²) in [4.78, 5) is 18.5. The Morgan fingerprint density at radius 3 is 2.70 bits per heavy atom. The van der Waals surface area contributed by atoms with Crippen LogP contribution in [0, 0.1) is 6.07 Å². The van der Waals surface area contributed by atoms with Crippen molar-refractivity contribution in [3.05, 3.63) is 59.3 Å². The van der Waals surface area contributed by atoms with Gasteiger partial charge in [-0.1, -0.05) is 0 Å². The zero-order valence-electron chi connectivity index (χ0n) is 13.2. The molecule has 1 aromatic carbocycles. The van der Waals surface area contributed by atoms with E-state index in [0.717, 1.165) is 23.5 Å². The summed E-state index contributed by atoms with van der Waals surface area (Å²) in [5.41, 5.74) is 2.94. The van der Waals surface area contributed by atoms with Gasteiger partial charge in [-0.2, -0.15) is 30.3 Å². The number of rotatable bonds is 4. The second kappa shape index (κ2) is 9.06. The van der Waals surface area contributed by atoms with Crippen LogP contribution in [0.5, 0.6) is 0 Å². The van der Waals surface area contributed by atoms with Crippen LogP contribution in [0.2, 0.25) is 0 Å². The van der Waals surface area contributed by atoms with Crippen LogP contribution in [-0.2, 0) is 60.3 Å². The molecule has 3 rings (SSSR count). The predicted octanol–water partition coefficient (Wildman–Crippen LogP) is 3.03. The molecule has 117 valence electrons. The summed E-state index contributed by atoms with van der Waals surface area (Å²) in [6.45, 7) is 5.44. The Hall–Kier alpha value is -0.568. The smallest absolute Gasteiger partial charge is 0.254 e. The molecule has 0 fully saturated rings. The van der Waals surface area contributed by atoms with E-state index in [0.29, 0.717) is 6.54 Å². The number of benzene rings is 1. The van der Waals surface area contributed by atoms with Crippen LogP contribution in [-0.4, -0.2) is 22.3 Å². The third-order valence-electron chi connectivity index (χ3n) is 3.90. The van der Waals surface area contributed by atoms with Crippen molar-refractivity contribution in [3.8, 4) is 0 Å². The summed E-state index contributed by atoms with van der Waals surface area (Å²) in [6.07, 6.45) is 1.70. The molecule has 0 spiro atoms. The molecule has 1 aliphatic heterocycles. The van der Waals surface area contributed by atoms with Gasteiger partial charge in [-0.3, -0.25) is 4.79 Å². The number of amides is 1. The number of anilines is 1. The maximum Gasteiger partial charge on any atom is 0.254 e. The molecule has 0 bridgehead atoms. The predicted molar refractivity (Wildman–Crippen MR) is 82.0 cm³/mol. The fourth-order valence-electron chi connectivity index (χ4n) is 2.64. The van der Waals surface area contributed by atoms with Gasteiger partial charge in [-0.15, -0.1) is 5.56 Å². The van der Waals surface area contributed by atoms with Gasteiger partial charge in [-0.05, 0) is 19.9 Å². The van der Waals surface area contributed by atoms with Gasteiger partial charge in [0.15, 0.2) is 0 Å². The summed E-state index contributed by atoms with van der Waals surface area (Å²) in [7, 11) is 0. The van der Waals surface area contributed by atoms with Gasteiger partial charge in [0.2, 0.25) is 0 Å². The van der Waals surface area contributed by atoms with Crippen LogP contribution in [0.3, 0.4) is 0 Å². The summed E-state index contributed by atoms with van der Waals surface area (Å²) in [5.74, 6) is 0.900. The molecular formula is C17H18N3OWY-. The second-order valence-corrected chi connectivity index (χ2v) is 5.20. The van der Waals surface area contributed by atoms with Crippen LogP contribution in [0.25, 0.3) is 0 Å². The maximum atomic E-state index is 12.2. The molecule has 0 saturated heterocycles. The monoisotopic (exact) mass is 553 g/mol. The van der Waals surface area contributed by atoms with Crippen molar-refractivity contribution in [2.75, 3.05) is 11.9 Å². The Morgan fingerprint density at radius 1 is 1.35 bits per heavy atom. The molecule has 0 saturated carbocycles. The topological polar surface area (TPSA) is 45.2 Å². The number of carbonyl (C=O) groups excluding carboxylic acids is 1. The van der Waals surface area contributed by atoms with E-state index in [-0.39, 0.29) is 65.7 Å². The van der Waals surface area contributed by atoms with E-state index < -0.39 is 0 Å². The number of nitrogens with zero attached hydrogens (tertiary/aromatic N) is 2. The molecule has 0 aliphatic carbocycles. The number of fused-ring (bicyclic) bond motifs is 1. The van der Waals surface area contributed by atoms with Gasteiger partial charge in [-0.25, -0.2) is 4.98 Å². The van der Waals surface area contributed by atoms with Gasteiger partial charge in [0.1, 0.15) is 5.82 Å². The molecule has 4 nitrogen and oxygen atoms in total. The van der Waals surface area contributed by atoms with Crippen molar-refractivity contribution in [3.63, 3.8) is 0 Å². The van der Waals surface area contributed by atoms with Gasteiger partial charge in [0.25, 0.3) is 5.91 Å². The van der Waals surface area contributed by atoms with Gasteiger partial charge < -0.3 is 10.2 Å². The van der Waals surface area contributed by atoms with Crippen molar-refractivity contribution in [2.45, 2.75) is 26.4 Å². The second-order valence-electron chi connectivity index (χ2n) is 5.20.